The van der Waals surface area contributed by atoms with Crippen LogP contribution in [0.15, 0.2) is 18.2 Å². The van der Waals surface area contributed by atoms with Gasteiger partial charge in [-0.25, -0.2) is 4.98 Å². The van der Waals surface area contributed by atoms with Crippen LogP contribution in [0.4, 0.5) is 19.1 Å². The fourth-order valence-corrected chi connectivity index (χ4v) is 2.50. The number of fused-ring (bicyclic) bond motifs is 1. The van der Waals surface area contributed by atoms with Gasteiger partial charge in [-0.2, -0.15) is 13.2 Å². The number of rotatable bonds is 1. The van der Waals surface area contributed by atoms with Gasteiger partial charge < -0.3 is 5.73 Å². The third-order valence-electron chi connectivity index (χ3n) is 3.34. The fraction of sp³-hybridized carbons (Fsp3) is 0.364. The SMILES string of the molecule is Nc1nc2c(Cl)cccc2n1C1(C(F)(F)F)CC1. The lowest BCUT2D eigenvalue weighted by Gasteiger charge is -2.22. The van der Waals surface area contributed by atoms with Crippen LogP contribution in [0.5, 0.6) is 0 Å². The highest BCUT2D eigenvalue weighted by Gasteiger charge is 2.65. The first-order valence-corrected chi connectivity index (χ1v) is 5.74. The van der Waals surface area contributed by atoms with Crippen molar-refractivity contribution in [2.24, 2.45) is 0 Å². The number of aromatic nitrogens is 2. The summed E-state index contributed by atoms with van der Waals surface area (Å²) in [6, 6.07) is 4.72. The minimum Gasteiger partial charge on any atom is -0.369 e. The summed E-state index contributed by atoms with van der Waals surface area (Å²) in [7, 11) is 0. The van der Waals surface area contributed by atoms with Gasteiger partial charge in [-0.1, -0.05) is 17.7 Å². The molecule has 1 aliphatic rings. The molecule has 1 heterocycles. The Morgan fingerprint density at radius 2 is 2.00 bits per heavy atom. The van der Waals surface area contributed by atoms with E-state index in [1.54, 1.807) is 18.2 Å². The minimum absolute atomic E-state index is 0.0265. The quantitative estimate of drug-likeness (QED) is 0.867. The molecule has 1 fully saturated rings. The Bertz CT molecular complexity index is 628. The van der Waals surface area contributed by atoms with Crippen molar-refractivity contribution in [3.8, 4) is 0 Å². The molecule has 0 saturated heterocycles. The van der Waals surface area contributed by atoms with Crippen molar-refractivity contribution in [1.29, 1.82) is 0 Å². The monoisotopic (exact) mass is 275 g/mol. The van der Waals surface area contributed by atoms with Crippen LogP contribution in [0.1, 0.15) is 12.8 Å². The molecule has 0 unspecified atom stereocenters. The highest BCUT2D eigenvalue weighted by molar-refractivity contribution is 6.35. The molecule has 0 amide bonds. The number of benzene rings is 1. The third kappa shape index (κ3) is 1.35. The maximum atomic E-state index is 13.1. The molecule has 0 atom stereocenters. The molecule has 3 rings (SSSR count). The number of nitrogens with zero attached hydrogens (tertiary/aromatic N) is 2. The molecule has 7 heteroatoms. The summed E-state index contributed by atoms with van der Waals surface area (Å²) in [5.41, 5.74) is 4.37. The molecule has 2 aromatic rings. The Hall–Kier alpha value is -1.43. The van der Waals surface area contributed by atoms with Gasteiger partial charge >= 0.3 is 6.18 Å². The first-order chi connectivity index (χ1) is 8.37. The molecule has 1 aromatic carbocycles. The Morgan fingerprint density at radius 3 is 2.56 bits per heavy atom. The van der Waals surface area contributed by atoms with Gasteiger partial charge in [0.05, 0.1) is 10.5 Å². The van der Waals surface area contributed by atoms with E-state index in [0.717, 1.165) is 4.57 Å². The van der Waals surface area contributed by atoms with Crippen molar-refractivity contribution in [2.75, 3.05) is 5.73 Å². The Morgan fingerprint density at radius 1 is 1.33 bits per heavy atom. The van der Waals surface area contributed by atoms with E-state index in [1.807, 2.05) is 0 Å². The van der Waals surface area contributed by atoms with Crippen LogP contribution in [-0.4, -0.2) is 15.7 Å². The second-order valence-electron chi connectivity index (χ2n) is 4.44. The molecular formula is C11H9ClF3N3. The van der Waals surface area contributed by atoms with Gasteiger partial charge in [-0.3, -0.25) is 4.57 Å². The lowest BCUT2D eigenvalue weighted by Crippen LogP contribution is -2.35. The normalized spacial score (nSPS) is 18.2. The number of hydrogen-bond donors (Lipinski definition) is 1. The van der Waals surface area contributed by atoms with Crippen LogP contribution in [0, 0.1) is 0 Å². The second-order valence-corrected chi connectivity index (χ2v) is 4.85. The van der Waals surface area contributed by atoms with Crippen molar-refractivity contribution in [1.82, 2.24) is 9.55 Å². The summed E-state index contributed by atoms with van der Waals surface area (Å²) in [4.78, 5) is 3.94. The number of anilines is 1. The summed E-state index contributed by atoms with van der Waals surface area (Å²) in [6.07, 6.45) is -4.28. The number of halogens is 4. The molecule has 96 valence electrons. The lowest BCUT2D eigenvalue weighted by molar-refractivity contribution is -0.178. The molecule has 0 bridgehead atoms. The van der Waals surface area contributed by atoms with Gasteiger partial charge in [0, 0.05) is 0 Å². The summed E-state index contributed by atoms with van der Waals surface area (Å²) in [6.45, 7) is 0. The van der Waals surface area contributed by atoms with E-state index in [1.165, 1.54) is 0 Å². The summed E-state index contributed by atoms with van der Waals surface area (Å²) in [5.74, 6) is -0.145. The van der Waals surface area contributed by atoms with Gasteiger partial charge in [-0.05, 0) is 25.0 Å². The number of nitrogens with two attached hydrogens (primary N) is 1. The van der Waals surface area contributed by atoms with Crippen LogP contribution < -0.4 is 5.73 Å². The number of alkyl halides is 3. The zero-order valence-corrected chi connectivity index (χ0v) is 9.89. The maximum Gasteiger partial charge on any atom is 0.412 e. The van der Waals surface area contributed by atoms with Crippen LogP contribution >= 0.6 is 11.6 Å². The number of para-hydroxylation sites is 1. The highest BCUT2D eigenvalue weighted by Crippen LogP contribution is 2.57. The van der Waals surface area contributed by atoms with Gasteiger partial charge in [0.25, 0.3) is 0 Å². The van der Waals surface area contributed by atoms with E-state index in [0.29, 0.717) is 16.1 Å². The summed E-state index contributed by atoms with van der Waals surface area (Å²) in [5, 5.41) is 0.302. The first-order valence-electron chi connectivity index (χ1n) is 5.36. The number of hydrogen-bond acceptors (Lipinski definition) is 2. The molecule has 0 radical (unpaired) electrons. The molecule has 3 nitrogen and oxygen atoms in total. The Balaban J connectivity index is 2.31. The highest BCUT2D eigenvalue weighted by atomic mass is 35.5. The lowest BCUT2D eigenvalue weighted by atomic mass is 10.2. The Labute approximate surface area is 105 Å². The van der Waals surface area contributed by atoms with Crippen LogP contribution in [0.2, 0.25) is 5.02 Å². The van der Waals surface area contributed by atoms with Crippen LogP contribution in [-0.2, 0) is 5.54 Å². The molecule has 1 aliphatic carbocycles. The minimum atomic E-state index is -4.34. The third-order valence-corrected chi connectivity index (χ3v) is 3.65. The van der Waals surface area contributed by atoms with Crippen molar-refractivity contribution in [3.05, 3.63) is 23.2 Å². The Kier molecular flexibility index (Phi) is 2.15. The summed E-state index contributed by atoms with van der Waals surface area (Å²) >= 11 is 5.91. The maximum absolute atomic E-state index is 13.1. The van der Waals surface area contributed by atoms with Crippen LogP contribution in [0.25, 0.3) is 11.0 Å². The largest absolute Gasteiger partial charge is 0.412 e. The number of imidazole rings is 1. The van der Waals surface area contributed by atoms with Crippen LogP contribution in [0.3, 0.4) is 0 Å². The zero-order chi connectivity index (χ0) is 13.1. The average molecular weight is 276 g/mol. The van der Waals surface area contributed by atoms with E-state index in [4.69, 9.17) is 17.3 Å². The van der Waals surface area contributed by atoms with E-state index in [9.17, 15) is 13.2 Å². The van der Waals surface area contributed by atoms with Crippen molar-refractivity contribution in [3.63, 3.8) is 0 Å². The van der Waals surface area contributed by atoms with Gasteiger partial charge in [0.1, 0.15) is 11.1 Å². The van der Waals surface area contributed by atoms with Crippen molar-refractivity contribution < 1.29 is 13.2 Å². The van der Waals surface area contributed by atoms with Gasteiger partial charge in [0.15, 0.2) is 0 Å². The second kappa shape index (κ2) is 3.32. The topological polar surface area (TPSA) is 43.8 Å². The summed E-state index contributed by atoms with van der Waals surface area (Å²) < 4.78 is 40.5. The smallest absolute Gasteiger partial charge is 0.369 e. The van der Waals surface area contributed by atoms with E-state index >= 15 is 0 Å². The molecule has 2 N–H and O–H groups in total. The molecule has 1 aromatic heterocycles. The molecule has 1 saturated carbocycles. The first kappa shape index (κ1) is 11.6. The van der Waals surface area contributed by atoms with Crippen molar-refractivity contribution in [2.45, 2.75) is 24.6 Å². The van der Waals surface area contributed by atoms with E-state index < -0.39 is 11.7 Å². The molecule has 18 heavy (non-hydrogen) atoms. The predicted molar refractivity (Wildman–Crippen MR) is 62.4 cm³/mol. The number of nitrogen functional groups attached to an aromatic ring is 1. The standard InChI is InChI=1S/C11H9ClF3N3/c12-6-2-1-3-7-8(6)17-9(16)18(7)10(4-5-10)11(13,14)15/h1-3H,4-5H2,(H2,16,17). The molecule has 0 aliphatic heterocycles. The molecule has 0 spiro atoms. The molecular weight excluding hydrogens is 267 g/mol. The van der Waals surface area contributed by atoms with Gasteiger partial charge in [0.2, 0.25) is 5.95 Å². The average Bonchev–Trinajstić information content (AvgIpc) is 2.98. The fourth-order valence-electron chi connectivity index (χ4n) is 2.29. The van der Waals surface area contributed by atoms with E-state index in [-0.39, 0.29) is 18.8 Å². The zero-order valence-electron chi connectivity index (χ0n) is 9.13. The van der Waals surface area contributed by atoms with Crippen molar-refractivity contribution >= 4 is 28.6 Å². The predicted octanol–water partition coefficient (Wildman–Crippen LogP) is 3.32. The van der Waals surface area contributed by atoms with Gasteiger partial charge in [-0.15, -0.1) is 0 Å². The van der Waals surface area contributed by atoms with E-state index in [2.05, 4.69) is 4.98 Å².